The summed E-state index contributed by atoms with van der Waals surface area (Å²) in [6.45, 7) is 0. The van der Waals surface area contributed by atoms with Crippen LogP contribution in [-0.4, -0.2) is 0 Å². The fraction of sp³-hybridized carbons (Fsp3) is 0.0667. The van der Waals surface area contributed by atoms with Crippen molar-refractivity contribution in [3.8, 4) is 0 Å². The van der Waals surface area contributed by atoms with E-state index in [-0.39, 0.29) is 10.6 Å². The van der Waals surface area contributed by atoms with Crippen LogP contribution in [0.25, 0.3) is 10.1 Å². The van der Waals surface area contributed by atoms with Crippen molar-refractivity contribution in [2.24, 2.45) is 0 Å². The maximum Gasteiger partial charge on any atom is 0.141 e. The monoisotopic (exact) mass is 307 g/mol. The van der Waals surface area contributed by atoms with Gasteiger partial charge in [-0.25, -0.2) is 8.78 Å². The smallest absolute Gasteiger partial charge is 0.141 e. The summed E-state index contributed by atoms with van der Waals surface area (Å²) < 4.78 is 28.6. The average molecular weight is 307 g/mol. The number of anilines is 1. The SMILES string of the molecule is Nc1cc(F)c(SCc2csc3ccccc23)c(F)c1. The minimum atomic E-state index is -0.605. The lowest BCUT2D eigenvalue weighted by molar-refractivity contribution is 0.542. The molecule has 0 saturated carbocycles. The molecule has 0 aliphatic carbocycles. The zero-order valence-electron chi connectivity index (χ0n) is 10.4. The first-order chi connectivity index (χ1) is 9.65. The molecule has 0 aliphatic heterocycles. The van der Waals surface area contributed by atoms with E-state index in [2.05, 4.69) is 0 Å². The van der Waals surface area contributed by atoms with Crippen LogP contribution in [0.1, 0.15) is 5.56 Å². The zero-order valence-corrected chi connectivity index (χ0v) is 12.0. The van der Waals surface area contributed by atoms with Crippen molar-refractivity contribution < 1.29 is 8.78 Å². The van der Waals surface area contributed by atoms with E-state index in [1.807, 2.05) is 29.6 Å². The molecule has 3 aromatic rings. The summed E-state index contributed by atoms with van der Waals surface area (Å²) in [5.41, 5.74) is 6.60. The fourth-order valence-corrected chi connectivity index (χ4v) is 4.01. The van der Waals surface area contributed by atoms with Crippen LogP contribution >= 0.6 is 23.1 Å². The molecule has 3 rings (SSSR count). The molecule has 1 nitrogen and oxygen atoms in total. The number of hydrogen-bond donors (Lipinski definition) is 1. The molecule has 1 aromatic heterocycles. The first kappa shape index (κ1) is 13.4. The van der Waals surface area contributed by atoms with Crippen molar-refractivity contribution >= 4 is 38.9 Å². The van der Waals surface area contributed by atoms with Crippen molar-refractivity contribution in [3.63, 3.8) is 0 Å². The van der Waals surface area contributed by atoms with E-state index in [4.69, 9.17) is 5.73 Å². The summed E-state index contributed by atoms with van der Waals surface area (Å²) in [5, 5.41) is 3.17. The molecule has 0 atom stereocenters. The molecular weight excluding hydrogens is 296 g/mol. The molecule has 0 bridgehead atoms. The Balaban J connectivity index is 1.87. The normalized spacial score (nSPS) is 11.1. The molecule has 0 radical (unpaired) electrons. The number of rotatable bonds is 3. The third kappa shape index (κ3) is 2.51. The summed E-state index contributed by atoms with van der Waals surface area (Å²) in [7, 11) is 0. The quantitative estimate of drug-likeness (QED) is 0.541. The molecule has 0 fully saturated rings. The molecule has 102 valence electrons. The molecule has 5 heteroatoms. The van der Waals surface area contributed by atoms with E-state index in [0.29, 0.717) is 5.75 Å². The lowest BCUT2D eigenvalue weighted by Crippen LogP contribution is -1.93. The van der Waals surface area contributed by atoms with Crippen molar-refractivity contribution in [3.05, 3.63) is 59.0 Å². The maximum absolute atomic E-state index is 13.7. The summed E-state index contributed by atoms with van der Waals surface area (Å²) in [5.74, 6) is -0.680. The second kappa shape index (κ2) is 5.42. The Bertz CT molecular complexity index is 744. The largest absolute Gasteiger partial charge is 0.399 e. The third-order valence-corrected chi connectivity index (χ3v) is 5.10. The zero-order chi connectivity index (χ0) is 14.1. The van der Waals surface area contributed by atoms with Crippen molar-refractivity contribution in [2.75, 3.05) is 5.73 Å². The van der Waals surface area contributed by atoms with Crippen LogP contribution in [0.15, 0.2) is 46.7 Å². The molecule has 1 heterocycles. The van der Waals surface area contributed by atoms with Gasteiger partial charge in [-0.15, -0.1) is 23.1 Å². The van der Waals surface area contributed by atoms with Gasteiger partial charge >= 0.3 is 0 Å². The van der Waals surface area contributed by atoms with Gasteiger partial charge in [-0.2, -0.15) is 0 Å². The number of thiophene rings is 1. The van der Waals surface area contributed by atoms with E-state index in [1.165, 1.54) is 4.70 Å². The minimum absolute atomic E-state index is 0.0227. The topological polar surface area (TPSA) is 26.0 Å². The maximum atomic E-state index is 13.7. The van der Waals surface area contributed by atoms with Gasteiger partial charge in [0.25, 0.3) is 0 Å². The van der Waals surface area contributed by atoms with E-state index < -0.39 is 11.6 Å². The highest BCUT2D eigenvalue weighted by atomic mass is 32.2. The first-order valence-electron chi connectivity index (χ1n) is 5.97. The Kier molecular flexibility index (Phi) is 3.63. The second-order valence-electron chi connectivity index (χ2n) is 4.36. The number of nitrogen functional groups attached to an aromatic ring is 1. The van der Waals surface area contributed by atoms with Crippen LogP contribution in [0, 0.1) is 11.6 Å². The number of thioether (sulfide) groups is 1. The van der Waals surface area contributed by atoms with E-state index >= 15 is 0 Å². The summed E-state index contributed by atoms with van der Waals surface area (Å²) >= 11 is 2.80. The lowest BCUT2D eigenvalue weighted by atomic mass is 10.2. The Hall–Kier alpha value is -1.59. The number of nitrogens with two attached hydrogens (primary N) is 1. The third-order valence-electron chi connectivity index (χ3n) is 2.95. The Morgan fingerprint density at radius 3 is 2.55 bits per heavy atom. The molecule has 0 saturated heterocycles. The van der Waals surface area contributed by atoms with Crippen molar-refractivity contribution in [2.45, 2.75) is 10.6 Å². The highest BCUT2D eigenvalue weighted by Crippen LogP contribution is 2.34. The predicted molar refractivity (Wildman–Crippen MR) is 82.2 cm³/mol. The van der Waals surface area contributed by atoms with Crippen LogP contribution in [0.2, 0.25) is 0 Å². The van der Waals surface area contributed by atoms with Gasteiger partial charge in [-0.3, -0.25) is 0 Å². The Morgan fingerprint density at radius 1 is 1.10 bits per heavy atom. The summed E-state index contributed by atoms with van der Waals surface area (Å²) in [4.78, 5) is 0.0227. The van der Waals surface area contributed by atoms with E-state index in [0.717, 1.165) is 34.8 Å². The molecule has 0 aliphatic rings. The number of halogens is 2. The van der Waals surface area contributed by atoms with Crippen LogP contribution in [0.5, 0.6) is 0 Å². The van der Waals surface area contributed by atoms with Crippen LogP contribution in [0.4, 0.5) is 14.5 Å². The standard InChI is InChI=1S/C15H11F2NS2/c16-12-5-10(18)6-13(17)15(12)20-8-9-7-19-14-4-2-1-3-11(9)14/h1-7H,8,18H2. The average Bonchev–Trinajstić information content (AvgIpc) is 2.81. The lowest BCUT2D eigenvalue weighted by Gasteiger charge is -2.05. The first-order valence-corrected chi connectivity index (χ1v) is 7.84. The minimum Gasteiger partial charge on any atom is -0.399 e. The predicted octanol–water partition coefficient (Wildman–Crippen LogP) is 5.05. The molecule has 0 amide bonds. The van der Waals surface area contributed by atoms with Crippen molar-refractivity contribution in [1.82, 2.24) is 0 Å². The van der Waals surface area contributed by atoms with Gasteiger partial charge in [0.05, 0.1) is 4.90 Å². The van der Waals surface area contributed by atoms with Gasteiger partial charge in [0, 0.05) is 16.1 Å². The van der Waals surface area contributed by atoms with E-state index in [9.17, 15) is 8.78 Å². The van der Waals surface area contributed by atoms with Gasteiger partial charge in [-0.05, 0) is 34.5 Å². The summed E-state index contributed by atoms with van der Waals surface area (Å²) in [6.07, 6.45) is 0. The van der Waals surface area contributed by atoms with Crippen LogP contribution in [-0.2, 0) is 5.75 Å². The van der Waals surface area contributed by atoms with Gasteiger partial charge in [0.15, 0.2) is 0 Å². The number of fused-ring (bicyclic) bond motifs is 1. The molecule has 2 N–H and O–H groups in total. The number of benzene rings is 2. The fourth-order valence-electron chi connectivity index (χ4n) is 2.01. The highest BCUT2D eigenvalue weighted by molar-refractivity contribution is 7.98. The molecule has 2 aromatic carbocycles. The molecule has 0 spiro atoms. The Labute approximate surface area is 123 Å². The molecule has 0 unspecified atom stereocenters. The van der Waals surface area contributed by atoms with Gasteiger partial charge in [-0.1, -0.05) is 18.2 Å². The van der Waals surface area contributed by atoms with Crippen LogP contribution in [0.3, 0.4) is 0 Å². The van der Waals surface area contributed by atoms with Gasteiger partial charge < -0.3 is 5.73 Å². The van der Waals surface area contributed by atoms with Crippen LogP contribution < -0.4 is 5.73 Å². The van der Waals surface area contributed by atoms with Gasteiger partial charge in [0.1, 0.15) is 11.6 Å². The molecule has 20 heavy (non-hydrogen) atoms. The highest BCUT2D eigenvalue weighted by Gasteiger charge is 2.12. The Morgan fingerprint density at radius 2 is 1.80 bits per heavy atom. The van der Waals surface area contributed by atoms with E-state index in [1.54, 1.807) is 11.3 Å². The van der Waals surface area contributed by atoms with Gasteiger partial charge in [0.2, 0.25) is 0 Å². The number of hydrogen-bond acceptors (Lipinski definition) is 3. The van der Waals surface area contributed by atoms with Crippen molar-refractivity contribution in [1.29, 1.82) is 0 Å². The second-order valence-corrected chi connectivity index (χ2v) is 6.26. The summed E-state index contributed by atoms with van der Waals surface area (Å²) in [6, 6.07) is 10.3. The molecular formula is C15H11F2NS2.